The molecule has 2 unspecified atom stereocenters. The minimum absolute atomic E-state index is 0.485. The molecule has 0 radical (unpaired) electrons. The van der Waals surface area contributed by atoms with Crippen molar-refractivity contribution < 1.29 is 4.74 Å². The molecule has 1 aliphatic heterocycles. The van der Waals surface area contributed by atoms with Crippen LogP contribution < -0.4 is 15.4 Å². The molecule has 3 heteroatoms. The lowest BCUT2D eigenvalue weighted by Crippen LogP contribution is -2.33. The number of benzene rings is 1. The van der Waals surface area contributed by atoms with Gasteiger partial charge in [0, 0.05) is 17.8 Å². The van der Waals surface area contributed by atoms with E-state index in [0.717, 1.165) is 5.75 Å². The number of hydrogen-bond acceptors (Lipinski definition) is 3. The van der Waals surface area contributed by atoms with Crippen LogP contribution in [0.2, 0.25) is 0 Å². The molecule has 1 aromatic rings. The minimum atomic E-state index is 0.485. The zero-order valence-electron chi connectivity index (χ0n) is 13.0. The molecular weight excluding hydrogens is 248 g/mol. The second kappa shape index (κ2) is 7.53. The van der Waals surface area contributed by atoms with Crippen molar-refractivity contribution >= 4 is 5.69 Å². The summed E-state index contributed by atoms with van der Waals surface area (Å²) in [7, 11) is 1.72. The van der Waals surface area contributed by atoms with Crippen molar-refractivity contribution in [2.45, 2.75) is 58.0 Å². The molecule has 0 bridgehead atoms. The van der Waals surface area contributed by atoms with Gasteiger partial charge in [0.2, 0.25) is 0 Å². The third-order valence-corrected chi connectivity index (χ3v) is 4.11. The summed E-state index contributed by atoms with van der Waals surface area (Å²) in [5, 5.41) is 7.27. The molecule has 112 valence electrons. The van der Waals surface area contributed by atoms with Gasteiger partial charge in [0.15, 0.2) is 0 Å². The number of nitrogens with one attached hydrogen (secondary N) is 2. The monoisotopic (exact) mass is 276 g/mol. The third-order valence-electron chi connectivity index (χ3n) is 4.11. The molecule has 1 saturated heterocycles. The lowest BCUT2D eigenvalue weighted by Gasteiger charge is -2.22. The molecule has 2 rings (SSSR count). The highest BCUT2D eigenvalue weighted by Crippen LogP contribution is 2.22. The standard InChI is InChI=1S/C17H28N2O/c1-13-11-16(8-9-17(13)20-3)19-14(2)12-15-7-5-4-6-10-18-15/h8-9,11,14-15,18-19H,4-7,10,12H2,1-3H3. The van der Waals surface area contributed by atoms with Crippen molar-refractivity contribution in [3.63, 3.8) is 0 Å². The van der Waals surface area contributed by atoms with Gasteiger partial charge < -0.3 is 15.4 Å². The van der Waals surface area contributed by atoms with E-state index >= 15 is 0 Å². The molecule has 0 aromatic heterocycles. The summed E-state index contributed by atoms with van der Waals surface area (Å²) in [5.74, 6) is 0.952. The summed E-state index contributed by atoms with van der Waals surface area (Å²) in [5.41, 5.74) is 2.36. The van der Waals surface area contributed by atoms with Crippen LogP contribution >= 0.6 is 0 Å². The van der Waals surface area contributed by atoms with Crippen LogP contribution in [0.4, 0.5) is 5.69 Å². The van der Waals surface area contributed by atoms with Crippen LogP contribution in [0.1, 0.15) is 44.6 Å². The molecule has 1 aliphatic rings. The number of rotatable bonds is 5. The van der Waals surface area contributed by atoms with Gasteiger partial charge in [-0.1, -0.05) is 12.8 Å². The van der Waals surface area contributed by atoms with Gasteiger partial charge in [0.05, 0.1) is 7.11 Å². The highest BCUT2D eigenvalue weighted by atomic mass is 16.5. The van der Waals surface area contributed by atoms with Crippen LogP contribution in [0, 0.1) is 6.92 Å². The van der Waals surface area contributed by atoms with E-state index in [1.165, 1.54) is 49.9 Å². The topological polar surface area (TPSA) is 33.3 Å². The largest absolute Gasteiger partial charge is 0.496 e. The summed E-state index contributed by atoms with van der Waals surface area (Å²) in [4.78, 5) is 0. The van der Waals surface area contributed by atoms with E-state index in [2.05, 4.69) is 36.6 Å². The van der Waals surface area contributed by atoms with Crippen molar-refractivity contribution in [2.75, 3.05) is 19.0 Å². The maximum absolute atomic E-state index is 5.30. The molecule has 2 N–H and O–H groups in total. The molecular formula is C17H28N2O. The fraction of sp³-hybridized carbons (Fsp3) is 0.647. The first-order valence-corrected chi connectivity index (χ1v) is 7.83. The smallest absolute Gasteiger partial charge is 0.121 e. The summed E-state index contributed by atoms with van der Waals surface area (Å²) in [6.45, 7) is 5.53. The minimum Gasteiger partial charge on any atom is -0.496 e. The predicted molar refractivity (Wildman–Crippen MR) is 85.7 cm³/mol. The molecule has 20 heavy (non-hydrogen) atoms. The maximum Gasteiger partial charge on any atom is 0.121 e. The van der Waals surface area contributed by atoms with Gasteiger partial charge in [0.25, 0.3) is 0 Å². The van der Waals surface area contributed by atoms with Gasteiger partial charge in [-0.3, -0.25) is 0 Å². The summed E-state index contributed by atoms with van der Waals surface area (Å²) in [6, 6.07) is 7.45. The van der Waals surface area contributed by atoms with Crippen molar-refractivity contribution in [2.24, 2.45) is 0 Å². The zero-order valence-corrected chi connectivity index (χ0v) is 13.0. The summed E-state index contributed by atoms with van der Waals surface area (Å²) in [6.07, 6.45) is 6.57. The van der Waals surface area contributed by atoms with Crippen molar-refractivity contribution in [3.8, 4) is 5.75 Å². The Morgan fingerprint density at radius 2 is 2.20 bits per heavy atom. The Hall–Kier alpha value is -1.22. The van der Waals surface area contributed by atoms with E-state index < -0.39 is 0 Å². The third kappa shape index (κ3) is 4.41. The number of aryl methyl sites for hydroxylation is 1. The van der Waals surface area contributed by atoms with Crippen molar-refractivity contribution in [1.29, 1.82) is 0 Å². The fourth-order valence-electron chi connectivity index (χ4n) is 3.04. The van der Waals surface area contributed by atoms with E-state index in [1.807, 2.05) is 6.07 Å². The molecule has 3 nitrogen and oxygen atoms in total. The van der Waals surface area contributed by atoms with E-state index in [-0.39, 0.29) is 0 Å². The number of ether oxygens (including phenoxy) is 1. The van der Waals surface area contributed by atoms with Gasteiger partial charge in [0.1, 0.15) is 5.75 Å². The Morgan fingerprint density at radius 1 is 1.35 bits per heavy atom. The Kier molecular flexibility index (Phi) is 5.72. The lowest BCUT2D eigenvalue weighted by molar-refractivity contribution is 0.411. The average Bonchev–Trinajstić information content (AvgIpc) is 2.67. The number of methoxy groups -OCH3 is 1. The molecule has 0 aliphatic carbocycles. The Morgan fingerprint density at radius 3 is 2.95 bits per heavy atom. The molecule has 0 amide bonds. The first kappa shape index (κ1) is 15.2. The Balaban J connectivity index is 1.87. The van der Waals surface area contributed by atoms with Gasteiger partial charge in [-0.25, -0.2) is 0 Å². The number of hydrogen-bond donors (Lipinski definition) is 2. The molecule has 0 saturated carbocycles. The van der Waals surface area contributed by atoms with E-state index in [1.54, 1.807) is 7.11 Å². The predicted octanol–water partition coefficient (Wildman–Crippen LogP) is 3.73. The van der Waals surface area contributed by atoms with Gasteiger partial charge >= 0.3 is 0 Å². The Bertz CT molecular complexity index is 411. The highest BCUT2D eigenvalue weighted by Gasteiger charge is 2.15. The van der Waals surface area contributed by atoms with Crippen LogP contribution in [0.25, 0.3) is 0 Å². The van der Waals surface area contributed by atoms with Crippen LogP contribution in [0.5, 0.6) is 5.75 Å². The molecule has 0 spiro atoms. The first-order valence-electron chi connectivity index (χ1n) is 7.83. The van der Waals surface area contributed by atoms with Gasteiger partial charge in [-0.2, -0.15) is 0 Å². The van der Waals surface area contributed by atoms with E-state index in [9.17, 15) is 0 Å². The van der Waals surface area contributed by atoms with Crippen LogP contribution in [0.3, 0.4) is 0 Å². The van der Waals surface area contributed by atoms with Gasteiger partial charge in [-0.05, 0) is 63.4 Å². The molecule has 1 fully saturated rings. The lowest BCUT2D eigenvalue weighted by atomic mass is 10.0. The molecule has 2 atom stereocenters. The summed E-state index contributed by atoms with van der Waals surface area (Å²) >= 11 is 0. The number of anilines is 1. The SMILES string of the molecule is COc1ccc(NC(C)CC2CCCCCN2)cc1C. The maximum atomic E-state index is 5.30. The fourth-order valence-corrected chi connectivity index (χ4v) is 3.04. The first-order chi connectivity index (χ1) is 9.69. The van der Waals surface area contributed by atoms with E-state index in [4.69, 9.17) is 4.74 Å². The van der Waals surface area contributed by atoms with E-state index in [0.29, 0.717) is 12.1 Å². The zero-order chi connectivity index (χ0) is 14.4. The highest BCUT2D eigenvalue weighted by molar-refractivity contribution is 5.51. The second-order valence-electron chi connectivity index (χ2n) is 5.97. The summed E-state index contributed by atoms with van der Waals surface area (Å²) < 4.78 is 5.30. The van der Waals surface area contributed by atoms with Gasteiger partial charge in [-0.15, -0.1) is 0 Å². The average molecular weight is 276 g/mol. The van der Waals surface area contributed by atoms with Crippen LogP contribution in [0.15, 0.2) is 18.2 Å². The molecule has 1 aromatic carbocycles. The van der Waals surface area contributed by atoms with Crippen molar-refractivity contribution in [3.05, 3.63) is 23.8 Å². The molecule has 1 heterocycles. The Labute approximate surface area is 123 Å². The van der Waals surface area contributed by atoms with Crippen molar-refractivity contribution in [1.82, 2.24) is 5.32 Å². The quantitative estimate of drug-likeness (QED) is 0.860. The van der Waals surface area contributed by atoms with Crippen LogP contribution in [-0.2, 0) is 0 Å². The van der Waals surface area contributed by atoms with Crippen LogP contribution in [-0.4, -0.2) is 25.7 Å². The second-order valence-corrected chi connectivity index (χ2v) is 5.97. The normalized spacial score (nSPS) is 21.1.